The average molecular weight is 848 g/mol. The van der Waals surface area contributed by atoms with Crippen molar-refractivity contribution in [3.63, 3.8) is 0 Å². The Kier molecular flexibility index (Phi) is 10.4. The molecule has 3 aliphatic heterocycles. The van der Waals surface area contributed by atoms with Crippen molar-refractivity contribution in [2.75, 3.05) is 6.61 Å². The fraction of sp³-hybridized carbons (Fsp3) is 0.579. The number of halogens is 1. The number of esters is 2. The van der Waals surface area contributed by atoms with Crippen LogP contribution in [-0.4, -0.2) is 106 Å². The van der Waals surface area contributed by atoms with Gasteiger partial charge in [0.1, 0.15) is 41.5 Å². The minimum absolute atomic E-state index is 0.0269. The molecule has 14 nitrogen and oxygen atoms in total. The third-order valence-electron chi connectivity index (χ3n) is 10.7. The van der Waals surface area contributed by atoms with E-state index in [0.717, 1.165) is 20.3 Å². The average Bonchev–Trinajstić information content (AvgIpc) is 3.76. The first kappa shape index (κ1) is 38.1. The molecule has 9 atom stereocenters. The number of nitrogens with one attached hydrogen (secondary N) is 2. The van der Waals surface area contributed by atoms with Crippen LogP contribution in [-0.2, 0) is 62.3 Å². The minimum Gasteiger partial charge on any atom is -0.460 e. The lowest BCUT2D eigenvalue weighted by molar-refractivity contribution is -0.217. The third-order valence-corrected chi connectivity index (χ3v) is 11.8. The van der Waals surface area contributed by atoms with Gasteiger partial charge in [-0.2, -0.15) is 5.06 Å². The minimum atomic E-state index is -1.59. The first-order chi connectivity index (χ1) is 25.1. The first-order valence-electron chi connectivity index (χ1n) is 18.0. The molecule has 0 aromatic heterocycles. The molecule has 7 rings (SSSR count). The Hall–Kier alpha value is -3.19. The molecule has 1 saturated carbocycles. The number of rotatable bonds is 11. The van der Waals surface area contributed by atoms with Gasteiger partial charge in [-0.05, 0) is 79.5 Å². The van der Waals surface area contributed by atoms with E-state index < -0.39 is 95.8 Å². The van der Waals surface area contributed by atoms with Crippen molar-refractivity contribution in [2.24, 2.45) is 5.41 Å². The van der Waals surface area contributed by atoms with Gasteiger partial charge in [0, 0.05) is 29.3 Å². The van der Waals surface area contributed by atoms with Gasteiger partial charge in [0.25, 0.3) is 0 Å². The Morgan fingerprint density at radius 1 is 1.04 bits per heavy atom. The van der Waals surface area contributed by atoms with Gasteiger partial charge in [0.2, 0.25) is 11.8 Å². The Labute approximate surface area is 321 Å². The number of benzene rings is 2. The van der Waals surface area contributed by atoms with Crippen LogP contribution in [0.1, 0.15) is 63.6 Å². The van der Waals surface area contributed by atoms with Crippen LogP contribution >= 0.6 is 22.6 Å². The van der Waals surface area contributed by atoms with Gasteiger partial charge in [-0.25, -0.2) is 0 Å². The summed E-state index contributed by atoms with van der Waals surface area (Å²) in [5.41, 5.74) is 0.741. The normalized spacial score (nSPS) is 29.8. The van der Waals surface area contributed by atoms with Crippen LogP contribution < -0.4 is 10.6 Å². The van der Waals surface area contributed by atoms with E-state index in [9.17, 15) is 29.4 Å². The molecule has 1 spiro atoms. The van der Waals surface area contributed by atoms with E-state index in [1.54, 1.807) is 20.8 Å². The van der Waals surface area contributed by atoms with E-state index in [2.05, 4.69) is 33.2 Å². The number of hydroxylamine groups is 2. The number of hydrogen-bond acceptors (Lipinski definition) is 12. The zero-order valence-corrected chi connectivity index (χ0v) is 32.2. The largest absolute Gasteiger partial charge is 0.460 e. The van der Waals surface area contributed by atoms with E-state index in [-0.39, 0.29) is 25.8 Å². The zero-order valence-electron chi connectivity index (χ0n) is 30.1. The fourth-order valence-electron chi connectivity index (χ4n) is 8.42. The molecule has 5 aliphatic rings. The van der Waals surface area contributed by atoms with Crippen molar-refractivity contribution in [1.29, 1.82) is 0 Å². The highest BCUT2D eigenvalue weighted by Gasteiger charge is 2.76. The molecule has 0 radical (unpaired) electrons. The smallest absolute Gasteiger partial charge is 0.327 e. The van der Waals surface area contributed by atoms with Gasteiger partial charge in [-0.1, -0.05) is 42.5 Å². The monoisotopic (exact) mass is 847 g/mol. The molecule has 2 bridgehead atoms. The second-order valence-electron chi connectivity index (χ2n) is 15.7. The quantitative estimate of drug-likeness (QED) is 0.191. The van der Waals surface area contributed by atoms with Gasteiger partial charge < -0.3 is 39.8 Å². The van der Waals surface area contributed by atoms with E-state index >= 15 is 0 Å². The van der Waals surface area contributed by atoms with Gasteiger partial charge in [-0.15, -0.1) is 0 Å². The SMILES string of the molecule is C[C@H](O)[C@@H](NC(=O)[C@@]12C[C@H]3OC(=O)[C@@H]1N(Cc1ccccc1I)O[C@@H]2[C@H]1OC2(Cc4ccccc4C2)O[C@H]13)C(=O)N[C@H](CO)CCC(=O)OC(C)(C)C. The summed E-state index contributed by atoms with van der Waals surface area (Å²) in [5, 5.41) is 27.8. The summed E-state index contributed by atoms with van der Waals surface area (Å²) >= 11 is 2.21. The van der Waals surface area contributed by atoms with E-state index in [0.29, 0.717) is 12.8 Å². The molecule has 4 N–H and O–H groups in total. The number of aliphatic hydroxyl groups is 2. The topological polar surface area (TPSA) is 182 Å². The highest BCUT2D eigenvalue weighted by atomic mass is 127. The Balaban J connectivity index is 1.16. The van der Waals surface area contributed by atoms with Crippen LogP contribution in [0.3, 0.4) is 0 Å². The molecule has 53 heavy (non-hydrogen) atoms. The van der Waals surface area contributed by atoms with Crippen LogP contribution in [0, 0.1) is 8.99 Å². The first-order valence-corrected chi connectivity index (χ1v) is 19.1. The molecule has 2 aliphatic carbocycles. The summed E-state index contributed by atoms with van der Waals surface area (Å²) in [4.78, 5) is 61.6. The van der Waals surface area contributed by atoms with E-state index in [1.807, 2.05) is 48.5 Å². The Bertz CT molecular complexity index is 1740. The molecule has 2 amide bonds. The maximum atomic E-state index is 14.9. The molecule has 3 heterocycles. The van der Waals surface area contributed by atoms with Crippen molar-refractivity contribution < 1.29 is 53.2 Å². The van der Waals surface area contributed by atoms with Crippen LogP contribution in [0.15, 0.2) is 48.5 Å². The summed E-state index contributed by atoms with van der Waals surface area (Å²) in [6.45, 7) is 6.23. The number of fused-ring (bicyclic) bond motifs is 5. The number of hydrogen-bond donors (Lipinski definition) is 4. The molecule has 2 aromatic rings. The highest BCUT2D eigenvalue weighted by Crippen LogP contribution is 2.58. The highest BCUT2D eigenvalue weighted by molar-refractivity contribution is 14.1. The number of aliphatic hydroxyl groups excluding tert-OH is 2. The van der Waals surface area contributed by atoms with Crippen molar-refractivity contribution in [2.45, 2.75) is 126 Å². The van der Waals surface area contributed by atoms with Crippen molar-refractivity contribution in [3.05, 3.63) is 68.8 Å². The summed E-state index contributed by atoms with van der Waals surface area (Å²) in [7, 11) is 0. The number of ether oxygens (including phenoxy) is 4. The molecule has 286 valence electrons. The maximum Gasteiger partial charge on any atom is 0.327 e. The molecular weight excluding hydrogens is 801 g/mol. The second kappa shape index (κ2) is 14.5. The predicted molar refractivity (Wildman–Crippen MR) is 194 cm³/mol. The lowest BCUT2D eigenvalue weighted by Crippen LogP contribution is -2.71. The van der Waals surface area contributed by atoms with E-state index in [4.69, 9.17) is 23.8 Å². The second-order valence-corrected chi connectivity index (χ2v) is 16.9. The summed E-state index contributed by atoms with van der Waals surface area (Å²) in [6.07, 6.45) is -3.80. The van der Waals surface area contributed by atoms with Gasteiger partial charge in [0.15, 0.2) is 11.8 Å². The Morgan fingerprint density at radius 2 is 1.70 bits per heavy atom. The molecule has 3 saturated heterocycles. The van der Waals surface area contributed by atoms with Crippen LogP contribution in [0.5, 0.6) is 0 Å². The third kappa shape index (κ3) is 7.21. The molecule has 2 aromatic carbocycles. The molecular formula is C38H46IN3O11. The summed E-state index contributed by atoms with van der Waals surface area (Å²) < 4.78 is 25.8. The lowest BCUT2D eigenvalue weighted by atomic mass is 9.62. The van der Waals surface area contributed by atoms with Crippen LogP contribution in [0.4, 0.5) is 0 Å². The fourth-order valence-corrected chi connectivity index (χ4v) is 8.98. The molecule has 4 fully saturated rings. The van der Waals surface area contributed by atoms with Crippen LogP contribution in [0.25, 0.3) is 0 Å². The van der Waals surface area contributed by atoms with Gasteiger partial charge in [-0.3, -0.25) is 24.0 Å². The Morgan fingerprint density at radius 3 is 2.34 bits per heavy atom. The summed E-state index contributed by atoms with van der Waals surface area (Å²) in [6, 6.07) is 12.0. The number of nitrogens with zero attached hydrogens (tertiary/aromatic N) is 1. The van der Waals surface area contributed by atoms with Gasteiger partial charge in [0.05, 0.1) is 25.3 Å². The number of amides is 2. The lowest BCUT2D eigenvalue weighted by Gasteiger charge is -2.49. The predicted octanol–water partition coefficient (Wildman–Crippen LogP) is 1.83. The zero-order chi connectivity index (χ0) is 37.9. The standard InChI is InChI=1S/C38H46IN3O11/c1-20(44)28(33(46)40-24(19-43)13-14-27(45)50-36(2,3)4)41-35(48)38-17-26-29-30(52-37(51-29)15-21-9-5-6-10-22(21)16-37)32(38)53-42(31(38)34(47)49-26)18-23-11-7-8-12-25(23)39/h5-12,20,24,26,28-32,43-44H,13-19H2,1-4H3,(H,40,46)(H,41,48)/t20-,24-,26+,28+,29-,30-,31-,32+,38-/m0/s1. The number of carbonyl (C=O) groups excluding carboxylic acids is 4. The van der Waals surface area contributed by atoms with Crippen molar-refractivity contribution >= 4 is 46.3 Å². The van der Waals surface area contributed by atoms with Gasteiger partial charge >= 0.3 is 11.9 Å². The van der Waals surface area contributed by atoms with Crippen molar-refractivity contribution in [1.82, 2.24) is 15.7 Å². The summed E-state index contributed by atoms with van der Waals surface area (Å²) in [5.74, 6) is -3.66. The number of carbonyl (C=O) groups is 4. The molecule has 0 unspecified atom stereocenters. The molecule has 15 heteroatoms. The maximum absolute atomic E-state index is 14.9. The van der Waals surface area contributed by atoms with Crippen LogP contribution in [0.2, 0.25) is 0 Å². The van der Waals surface area contributed by atoms with Crippen molar-refractivity contribution in [3.8, 4) is 0 Å². The van der Waals surface area contributed by atoms with E-state index in [1.165, 1.54) is 12.0 Å².